The van der Waals surface area contributed by atoms with Gasteiger partial charge in [0, 0.05) is 30.6 Å². The molecule has 4 heterocycles. The number of nitrogens with one attached hydrogen (secondary N) is 1. The van der Waals surface area contributed by atoms with E-state index in [4.69, 9.17) is 14.2 Å². The highest BCUT2D eigenvalue weighted by atomic mass is 16.7. The molecule has 304 valence electrons. The van der Waals surface area contributed by atoms with Crippen molar-refractivity contribution in [1.82, 2.24) is 20.0 Å². The second-order valence-corrected chi connectivity index (χ2v) is 16.2. The van der Waals surface area contributed by atoms with Crippen LogP contribution in [0.15, 0.2) is 103 Å². The molecule has 11 heteroatoms. The maximum atomic E-state index is 13.4. The minimum atomic E-state index is -0.984. The molecule has 4 aliphatic rings. The molecule has 0 aromatic heterocycles. The fraction of sp³-hybridized carbons (Fsp3) is 0.426. The van der Waals surface area contributed by atoms with Crippen molar-refractivity contribution in [2.75, 3.05) is 32.7 Å². The zero-order valence-electron chi connectivity index (χ0n) is 33.2. The number of carbonyl (C=O) groups is 3. The average Bonchev–Trinajstić information content (AvgIpc) is 4.00. The van der Waals surface area contributed by atoms with Gasteiger partial charge in [-0.3, -0.25) is 19.4 Å². The summed E-state index contributed by atoms with van der Waals surface area (Å²) >= 11 is 0. The first-order valence-corrected chi connectivity index (χ1v) is 20.8. The zero-order valence-corrected chi connectivity index (χ0v) is 33.2. The number of benzene rings is 4. The topological polar surface area (TPSA) is 121 Å². The second-order valence-electron chi connectivity index (χ2n) is 16.2. The van der Waals surface area contributed by atoms with E-state index in [0.717, 1.165) is 58.6 Å². The Morgan fingerprint density at radius 2 is 1.53 bits per heavy atom. The van der Waals surface area contributed by atoms with E-state index in [1.54, 1.807) is 0 Å². The maximum absolute atomic E-state index is 13.4. The number of hydrogen-bond acceptors (Lipinski definition) is 9. The highest BCUT2D eigenvalue weighted by Gasteiger charge is 2.42. The summed E-state index contributed by atoms with van der Waals surface area (Å²) in [5.41, 5.74) is 6.29. The van der Waals surface area contributed by atoms with Gasteiger partial charge in [0.05, 0.1) is 31.8 Å². The van der Waals surface area contributed by atoms with E-state index in [0.29, 0.717) is 6.04 Å². The average molecular weight is 787 g/mol. The van der Waals surface area contributed by atoms with Gasteiger partial charge in [0.25, 0.3) is 5.91 Å². The van der Waals surface area contributed by atoms with Gasteiger partial charge in [-0.15, -0.1) is 0 Å². The smallest absolute Gasteiger partial charge is 0.408 e. The van der Waals surface area contributed by atoms with Gasteiger partial charge in [0.2, 0.25) is 5.91 Å². The second kappa shape index (κ2) is 18.3. The molecule has 4 saturated heterocycles. The van der Waals surface area contributed by atoms with Crippen LogP contribution in [0.25, 0.3) is 11.1 Å². The summed E-state index contributed by atoms with van der Waals surface area (Å²) in [5.74, 6) is -0.712. The first kappa shape index (κ1) is 39.9. The first-order valence-electron chi connectivity index (χ1n) is 20.8. The number of aliphatic hydroxyl groups is 1. The lowest BCUT2D eigenvalue weighted by molar-refractivity contribution is -0.276. The molecule has 11 nitrogen and oxygen atoms in total. The van der Waals surface area contributed by atoms with Crippen LogP contribution in [0.2, 0.25) is 0 Å². The molecule has 0 aliphatic carbocycles. The Bertz CT molecular complexity index is 2020. The van der Waals surface area contributed by atoms with Gasteiger partial charge in [0.15, 0.2) is 6.29 Å². The fourth-order valence-corrected chi connectivity index (χ4v) is 8.96. The van der Waals surface area contributed by atoms with Crippen molar-refractivity contribution in [2.24, 2.45) is 5.92 Å². The van der Waals surface area contributed by atoms with Crippen LogP contribution >= 0.6 is 0 Å². The molecule has 3 amide bonds. The predicted octanol–water partition coefficient (Wildman–Crippen LogP) is 6.75. The van der Waals surface area contributed by atoms with Crippen LogP contribution in [0.5, 0.6) is 0 Å². The molecular weight excluding hydrogens is 733 g/mol. The number of rotatable bonds is 13. The molecule has 6 unspecified atom stereocenters. The summed E-state index contributed by atoms with van der Waals surface area (Å²) in [7, 11) is 0. The van der Waals surface area contributed by atoms with Gasteiger partial charge < -0.3 is 29.5 Å². The van der Waals surface area contributed by atoms with Crippen molar-refractivity contribution in [3.63, 3.8) is 0 Å². The predicted molar refractivity (Wildman–Crippen MR) is 219 cm³/mol. The van der Waals surface area contributed by atoms with Crippen molar-refractivity contribution in [3.05, 3.63) is 131 Å². The van der Waals surface area contributed by atoms with Crippen LogP contribution in [0.4, 0.5) is 4.79 Å². The molecule has 4 aromatic carbocycles. The summed E-state index contributed by atoms with van der Waals surface area (Å²) in [6.07, 6.45) is 3.30. The molecule has 58 heavy (non-hydrogen) atoms. The largest absolute Gasteiger partial charge is 0.445 e. The molecule has 4 aromatic rings. The van der Waals surface area contributed by atoms with Gasteiger partial charge in [-0.1, -0.05) is 110 Å². The van der Waals surface area contributed by atoms with Gasteiger partial charge in [-0.05, 0) is 78.7 Å². The Morgan fingerprint density at radius 1 is 0.810 bits per heavy atom. The number of carbonyl (C=O) groups excluding carboxylic acids is 3. The summed E-state index contributed by atoms with van der Waals surface area (Å²) < 4.78 is 19.0. The third-order valence-corrected chi connectivity index (χ3v) is 12.3. The van der Waals surface area contributed by atoms with Crippen LogP contribution in [-0.2, 0) is 43.6 Å². The Hall–Kier alpha value is -4.91. The van der Waals surface area contributed by atoms with Gasteiger partial charge in [-0.25, -0.2) is 4.79 Å². The van der Waals surface area contributed by atoms with Crippen molar-refractivity contribution >= 4 is 17.9 Å². The van der Waals surface area contributed by atoms with Gasteiger partial charge in [0.1, 0.15) is 12.6 Å². The molecule has 6 atom stereocenters. The highest BCUT2D eigenvalue weighted by molar-refractivity contribution is 6.06. The molecule has 4 aliphatic heterocycles. The lowest BCUT2D eigenvalue weighted by atomic mass is 9.89. The number of imide groups is 1. The van der Waals surface area contributed by atoms with Crippen LogP contribution in [0, 0.1) is 5.92 Å². The molecule has 2 N–H and O–H groups in total. The van der Waals surface area contributed by atoms with Crippen molar-refractivity contribution in [1.29, 1.82) is 0 Å². The van der Waals surface area contributed by atoms with E-state index in [-0.39, 0.29) is 50.2 Å². The Balaban J connectivity index is 0.960. The number of hydrogen-bond donors (Lipinski definition) is 2. The number of alkyl carbamates (subject to hydrolysis) is 1. The monoisotopic (exact) mass is 786 g/mol. The van der Waals surface area contributed by atoms with E-state index < -0.39 is 24.3 Å². The number of ether oxygens (including phenoxy) is 3. The van der Waals surface area contributed by atoms with Crippen molar-refractivity contribution < 1.29 is 33.7 Å². The van der Waals surface area contributed by atoms with Gasteiger partial charge >= 0.3 is 6.09 Å². The van der Waals surface area contributed by atoms with E-state index in [9.17, 15) is 19.5 Å². The Labute approximate surface area is 340 Å². The Morgan fingerprint density at radius 3 is 2.29 bits per heavy atom. The minimum Gasteiger partial charge on any atom is -0.445 e. The standard InChI is InChI=1S/C47H54N4O7/c1-32-42(29-50-25-9-13-39(50)28-49-23-7-8-24-49)57-46(58-44(32)36-17-15-33(30-52)16-18-36)37-21-19-35(20-22-37)40-14-6-5-12-38(40)27-51-43(53)26-41(45(51)54)48-47(55)56-31-34-10-3-2-4-11-34/h2-6,10-12,14-22,32,39,41-42,44,46,52H,7-9,13,23-31H2,1H3,(H,48,55). The molecule has 0 spiro atoms. The third-order valence-electron chi connectivity index (χ3n) is 12.3. The first-order chi connectivity index (χ1) is 28.3. The number of amides is 3. The van der Waals surface area contributed by atoms with E-state index in [1.807, 2.05) is 91.0 Å². The van der Waals surface area contributed by atoms with Crippen LogP contribution in [0.3, 0.4) is 0 Å². The van der Waals surface area contributed by atoms with Gasteiger partial charge in [-0.2, -0.15) is 0 Å². The maximum Gasteiger partial charge on any atom is 0.408 e. The van der Waals surface area contributed by atoms with Crippen LogP contribution in [0.1, 0.15) is 79.2 Å². The van der Waals surface area contributed by atoms with E-state index in [2.05, 4.69) is 34.2 Å². The van der Waals surface area contributed by atoms with Crippen LogP contribution < -0.4 is 5.32 Å². The zero-order chi connectivity index (χ0) is 40.0. The van der Waals surface area contributed by atoms with E-state index >= 15 is 0 Å². The molecule has 0 radical (unpaired) electrons. The lowest BCUT2D eigenvalue weighted by Crippen LogP contribution is -2.48. The van der Waals surface area contributed by atoms with E-state index in [1.165, 1.54) is 43.7 Å². The number of likely N-dealkylation sites (tertiary alicyclic amines) is 3. The van der Waals surface area contributed by atoms with Crippen molar-refractivity contribution in [3.8, 4) is 11.1 Å². The molecular formula is C47H54N4O7. The molecule has 8 rings (SSSR count). The number of aliphatic hydroxyl groups excluding tert-OH is 1. The highest BCUT2D eigenvalue weighted by Crippen LogP contribution is 2.43. The Kier molecular flexibility index (Phi) is 12.6. The summed E-state index contributed by atoms with van der Waals surface area (Å²) in [6.45, 7) is 7.80. The van der Waals surface area contributed by atoms with Crippen molar-refractivity contribution in [2.45, 2.75) is 89.4 Å². The van der Waals surface area contributed by atoms with Crippen LogP contribution in [-0.4, -0.2) is 88.6 Å². The molecule has 0 saturated carbocycles. The quantitative estimate of drug-likeness (QED) is 0.142. The summed E-state index contributed by atoms with van der Waals surface area (Å²) in [6, 6.07) is 32.7. The third kappa shape index (κ3) is 9.19. The molecule has 4 fully saturated rings. The molecule has 0 bridgehead atoms. The summed E-state index contributed by atoms with van der Waals surface area (Å²) in [4.78, 5) is 45.5. The normalized spacial score (nSPS) is 25.4. The summed E-state index contributed by atoms with van der Waals surface area (Å²) in [5, 5.41) is 12.3. The minimum absolute atomic E-state index is 0.00700. The number of nitrogens with zero attached hydrogens (tertiary/aromatic N) is 3. The SMILES string of the molecule is CC1C(CN2CCCC2CN2CCCC2)OC(c2ccc(-c3ccccc3CN3C(=O)CC(NC(=O)OCc4ccccc4)C3=O)cc2)OC1c1ccc(CO)cc1. The lowest BCUT2D eigenvalue weighted by Gasteiger charge is -2.43. The fourth-order valence-electron chi connectivity index (χ4n) is 8.96.